The molecule has 0 saturated carbocycles. The Balaban J connectivity index is 1.49. The number of thioether (sulfide) groups is 1. The van der Waals surface area contributed by atoms with Crippen LogP contribution in [0.25, 0.3) is 6.08 Å². The van der Waals surface area contributed by atoms with E-state index in [0.29, 0.717) is 28.1 Å². The Morgan fingerprint density at radius 1 is 0.841 bits per heavy atom. The summed E-state index contributed by atoms with van der Waals surface area (Å²) in [6, 6.07) is 27.0. The first-order valence-corrected chi connectivity index (χ1v) is 15.1. The normalized spacial score (nSPS) is 12.2. The molecule has 3 amide bonds. The Kier molecular flexibility index (Phi) is 11.0. The molecule has 4 aromatic rings. The molecule has 0 heterocycles. The fourth-order valence-corrected chi connectivity index (χ4v) is 5.27. The van der Waals surface area contributed by atoms with E-state index in [1.54, 1.807) is 79.7 Å². The van der Waals surface area contributed by atoms with Gasteiger partial charge in [-0.05, 0) is 78.7 Å². The highest BCUT2D eigenvalue weighted by Crippen LogP contribution is 2.32. The quantitative estimate of drug-likeness (QED) is 0.116. The van der Waals surface area contributed by atoms with Crippen LogP contribution in [-0.4, -0.2) is 23.0 Å². The van der Waals surface area contributed by atoms with Crippen molar-refractivity contribution in [2.24, 2.45) is 0 Å². The molecule has 1 atom stereocenters. The molecule has 226 valence electrons. The highest BCUT2D eigenvalue weighted by atomic mass is 79.9. The highest BCUT2D eigenvalue weighted by Gasteiger charge is 2.30. The molecular weight excluding hydrogens is 655 g/mol. The number of alkyl halides is 3. The standard InChI is InChI=1S/C33H27BrF3N3O3S/c1-2-29(32(43)39-25-11-6-10-23(19-25)33(35,36)37)44-27-13-7-12-26(20-27)38-31(42)28(18-21-14-16-24(34)17-15-21)40-30(41)22-8-4-3-5-9-22/h3-20,29H,2H2,1H3,(H,38,42)(H,39,43)(H,40,41)/b28-18-. The molecule has 0 spiro atoms. The number of amides is 3. The number of anilines is 2. The molecule has 1 unspecified atom stereocenters. The third kappa shape index (κ3) is 9.32. The molecule has 4 aromatic carbocycles. The van der Waals surface area contributed by atoms with Gasteiger partial charge in [0.1, 0.15) is 5.70 Å². The molecule has 0 bridgehead atoms. The lowest BCUT2D eigenvalue weighted by Crippen LogP contribution is -2.30. The lowest BCUT2D eigenvalue weighted by atomic mass is 10.1. The van der Waals surface area contributed by atoms with Crippen LogP contribution in [-0.2, 0) is 15.8 Å². The van der Waals surface area contributed by atoms with Crippen LogP contribution in [0.3, 0.4) is 0 Å². The van der Waals surface area contributed by atoms with Gasteiger partial charge in [-0.1, -0.05) is 65.3 Å². The van der Waals surface area contributed by atoms with Crippen molar-refractivity contribution >= 4 is 62.9 Å². The Bertz CT molecular complexity index is 1660. The van der Waals surface area contributed by atoms with E-state index in [9.17, 15) is 27.6 Å². The molecule has 0 aliphatic rings. The lowest BCUT2D eigenvalue weighted by molar-refractivity contribution is -0.137. The summed E-state index contributed by atoms with van der Waals surface area (Å²) >= 11 is 4.60. The van der Waals surface area contributed by atoms with Crippen LogP contribution >= 0.6 is 27.7 Å². The Morgan fingerprint density at radius 2 is 1.50 bits per heavy atom. The summed E-state index contributed by atoms with van der Waals surface area (Å²) in [7, 11) is 0. The zero-order chi connectivity index (χ0) is 31.7. The summed E-state index contributed by atoms with van der Waals surface area (Å²) in [5.74, 6) is -1.46. The first kappa shape index (κ1) is 32.6. The Labute approximate surface area is 265 Å². The second-order valence-corrected chi connectivity index (χ2v) is 11.7. The van der Waals surface area contributed by atoms with Gasteiger partial charge in [0, 0.05) is 26.3 Å². The predicted octanol–water partition coefficient (Wildman–Crippen LogP) is 8.39. The average molecular weight is 683 g/mol. The van der Waals surface area contributed by atoms with Crippen molar-refractivity contribution in [1.82, 2.24) is 5.32 Å². The van der Waals surface area contributed by atoms with E-state index in [2.05, 4.69) is 31.9 Å². The van der Waals surface area contributed by atoms with Crippen molar-refractivity contribution in [2.45, 2.75) is 29.7 Å². The molecular formula is C33H27BrF3N3O3S. The summed E-state index contributed by atoms with van der Waals surface area (Å²) in [5, 5.41) is 7.44. The molecule has 44 heavy (non-hydrogen) atoms. The fourth-order valence-electron chi connectivity index (χ4n) is 4.00. The monoisotopic (exact) mass is 681 g/mol. The van der Waals surface area contributed by atoms with Gasteiger partial charge in [0.25, 0.3) is 11.8 Å². The molecule has 0 radical (unpaired) electrons. The summed E-state index contributed by atoms with van der Waals surface area (Å²) in [5.41, 5.74) is 0.707. The van der Waals surface area contributed by atoms with Crippen molar-refractivity contribution in [1.29, 1.82) is 0 Å². The Hall–Kier alpha value is -4.35. The first-order chi connectivity index (χ1) is 21.0. The van der Waals surface area contributed by atoms with Crippen molar-refractivity contribution in [3.8, 4) is 0 Å². The van der Waals surface area contributed by atoms with Crippen LogP contribution in [0.2, 0.25) is 0 Å². The van der Waals surface area contributed by atoms with Crippen molar-refractivity contribution in [3.63, 3.8) is 0 Å². The number of halogens is 4. The second-order valence-electron chi connectivity index (χ2n) is 9.49. The van der Waals surface area contributed by atoms with Crippen LogP contribution < -0.4 is 16.0 Å². The summed E-state index contributed by atoms with van der Waals surface area (Å²) in [6.07, 6.45) is -2.56. The number of carbonyl (C=O) groups excluding carboxylic acids is 3. The Morgan fingerprint density at radius 3 is 2.16 bits per heavy atom. The van der Waals surface area contributed by atoms with Crippen molar-refractivity contribution in [2.75, 3.05) is 10.6 Å². The molecule has 6 nitrogen and oxygen atoms in total. The molecule has 0 fully saturated rings. The van der Waals surface area contributed by atoms with Crippen molar-refractivity contribution in [3.05, 3.63) is 130 Å². The van der Waals surface area contributed by atoms with E-state index in [4.69, 9.17) is 0 Å². The number of carbonyl (C=O) groups is 3. The van der Waals surface area contributed by atoms with E-state index >= 15 is 0 Å². The lowest BCUT2D eigenvalue weighted by Gasteiger charge is -2.16. The number of hydrogen-bond donors (Lipinski definition) is 3. The van der Waals surface area contributed by atoms with Gasteiger partial charge in [-0.15, -0.1) is 11.8 Å². The number of hydrogen-bond acceptors (Lipinski definition) is 4. The van der Waals surface area contributed by atoms with Crippen LogP contribution in [0.4, 0.5) is 24.5 Å². The maximum Gasteiger partial charge on any atom is 0.416 e. The predicted molar refractivity (Wildman–Crippen MR) is 171 cm³/mol. The minimum Gasteiger partial charge on any atom is -0.325 e. The van der Waals surface area contributed by atoms with Crippen molar-refractivity contribution < 1.29 is 27.6 Å². The highest BCUT2D eigenvalue weighted by molar-refractivity contribution is 9.10. The largest absolute Gasteiger partial charge is 0.416 e. The van der Waals surface area contributed by atoms with Gasteiger partial charge in [-0.2, -0.15) is 13.2 Å². The van der Waals surface area contributed by atoms with Gasteiger partial charge < -0.3 is 16.0 Å². The second kappa shape index (κ2) is 14.9. The summed E-state index contributed by atoms with van der Waals surface area (Å²) < 4.78 is 40.1. The van der Waals surface area contributed by atoms with E-state index < -0.39 is 34.7 Å². The molecule has 0 aliphatic heterocycles. The van der Waals surface area contributed by atoms with Crippen LogP contribution in [0.5, 0.6) is 0 Å². The van der Waals surface area contributed by atoms with Gasteiger partial charge in [0.15, 0.2) is 0 Å². The first-order valence-electron chi connectivity index (χ1n) is 13.4. The topological polar surface area (TPSA) is 87.3 Å². The molecule has 0 saturated heterocycles. The summed E-state index contributed by atoms with van der Waals surface area (Å²) in [6.45, 7) is 1.80. The zero-order valence-electron chi connectivity index (χ0n) is 23.3. The zero-order valence-corrected chi connectivity index (χ0v) is 25.7. The third-order valence-electron chi connectivity index (χ3n) is 6.20. The van der Waals surface area contributed by atoms with Crippen LogP contribution in [0.15, 0.2) is 118 Å². The SMILES string of the molecule is CCC(Sc1cccc(NC(=O)/C(=C/c2ccc(Br)cc2)NC(=O)c2ccccc2)c1)C(=O)Nc1cccc(C(F)(F)F)c1. The van der Waals surface area contributed by atoms with E-state index in [0.717, 1.165) is 16.6 Å². The van der Waals surface area contributed by atoms with Crippen LogP contribution in [0.1, 0.15) is 34.8 Å². The van der Waals surface area contributed by atoms with Gasteiger partial charge in [0.05, 0.1) is 10.8 Å². The molecule has 11 heteroatoms. The smallest absolute Gasteiger partial charge is 0.325 e. The minimum atomic E-state index is -4.53. The van der Waals surface area contributed by atoms with E-state index in [-0.39, 0.29) is 11.4 Å². The van der Waals surface area contributed by atoms with Gasteiger partial charge in [-0.3, -0.25) is 14.4 Å². The number of benzene rings is 4. The maximum atomic E-state index is 13.4. The maximum absolute atomic E-state index is 13.4. The number of nitrogens with one attached hydrogen (secondary N) is 3. The third-order valence-corrected chi connectivity index (χ3v) is 8.09. The summed E-state index contributed by atoms with van der Waals surface area (Å²) in [4.78, 5) is 39.9. The van der Waals surface area contributed by atoms with Crippen LogP contribution in [0, 0.1) is 0 Å². The number of rotatable bonds is 10. The minimum absolute atomic E-state index is 0.0196. The van der Waals surface area contributed by atoms with Gasteiger partial charge in [-0.25, -0.2) is 0 Å². The van der Waals surface area contributed by atoms with E-state index in [1.165, 1.54) is 23.9 Å². The molecule has 3 N–H and O–H groups in total. The van der Waals surface area contributed by atoms with E-state index in [1.807, 2.05) is 12.1 Å². The molecule has 0 aromatic heterocycles. The molecule has 0 aliphatic carbocycles. The van der Waals surface area contributed by atoms with Gasteiger partial charge in [0.2, 0.25) is 5.91 Å². The van der Waals surface area contributed by atoms with Gasteiger partial charge >= 0.3 is 6.18 Å². The fraction of sp³-hybridized carbons (Fsp3) is 0.121. The average Bonchev–Trinajstić information content (AvgIpc) is 3.00. The molecule has 4 rings (SSSR count).